The first-order valence-corrected chi connectivity index (χ1v) is 10.2. The summed E-state index contributed by atoms with van der Waals surface area (Å²) in [4.78, 5) is 26.6. The predicted molar refractivity (Wildman–Crippen MR) is 103 cm³/mol. The number of anilines is 1. The summed E-state index contributed by atoms with van der Waals surface area (Å²) >= 11 is 1.22. The van der Waals surface area contributed by atoms with E-state index in [-0.39, 0.29) is 11.8 Å². The number of hydrogen-bond acceptors (Lipinski definition) is 7. The molecule has 1 aromatic carbocycles. The molecule has 8 nitrogen and oxygen atoms in total. The van der Waals surface area contributed by atoms with Crippen molar-refractivity contribution in [3.05, 3.63) is 40.3 Å². The van der Waals surface area contributed by atoms with E-state index in [4.69, 9.17) is 9.47 Å². The third-order valence-corrected chi connectivity index (χ3v) is 5.92. The number of aryl methyl sites for hydroxylation is 1. The minimum absolute atomic E-state index is 0.0818. The van der Waals surface area contributed by atoms with Crippen LogP contribution in [-0.2, 0) is 20.7 Å². The van der Waals surface area contributed by atoms with Crippen molar-refractivity contribution in [3.63, 3.8) is 0 Å². The normalized spacial score (nSPS) is 18.4. The van der Waals surface area contributed by atoms with E-state index in [1.807, 2.05) is 35.2 Å². The number of amides is 2. The number of likely N-dealkylation sites (tertiary alicyclic amines) is 1. The van der Waals surface area contributed by atoms with Gasteiger partial charge in [0.15, 0.2) is 5.79 Å². The van der Waals surface area contributed by atoms with Gasteiger partial charge >= 0.3 is 0 Å². The topological polar surface area (TPSA) is 93.7 Å². The van der Waals surface area contributed by atoms with Crippen LogP contribution in [0.15, 0.2) is 30.3 Å². The van der Waals surface area contributed by atoms with Crippen LogP contribution in [0.3, 0.4) is 0 Å². The molecule has 9 heteroatoms. The molecule has 0 unspecified atom stereocenters. The van der Waals surface area contributed by atoms with E-state index in [1.165, 1.54) is 11.3 Å². The Balaban J connectivity index is 1.25. The summed E-state index contributed by atoms with van der Waals surface area (Å²) in [6.07, 6.45) is 2.25. The maximum absolute atomic E-state index is 12.5. The van der Waals surface area contributed by atoms with Crippen LogP contribution in [0, 0.1) is 0 Å². The molecule has 2 aliphatic rings. The minimum Gasteiger partial charge on any atom is -0.347 e. The van der Waals surface area contributed by atoms with Crippen molar-refractivity contribution in [2.45, 2.75) is 31.5 Å². The van der Waals surface area contributed by atoms with Gasteiger partial charge in [-0.25, -0.2) is 0 Å². The van der Waals surface area contributed by atoms with Gasteiger partial charge < -0.3 is 19.7 Å². The highest BCUT2D eigenvalue weighted by Crippen LogP contribution is 2.31. The number of carbonyl (C=O) groups is 2. The Labute approximate surface area is 166 Å². The fourth-order valence-electron chi connectivity index (χ4n) is 3.41. The second kappa shape index (κ2) is 8.34. The largest absolute Gasteiger partial charge is 0.347 e. The van der Waals surface area contributed by atoms with E-state index in [0.717, 1.165) is 0 Å². The number of hydrogen-bond donors (Lipinski definition) is 1. The lowest BCUT2D eigenvalue weighted by atomic mass is 10.0. The maximum atomic E-state index is 12.5. The number of nitrogens with zero attached hydrogens (tertiary/aromatic N) is 3. The Hall–Kier alpha value is -2.36. The highest BCUT2D eigenvalue weighted by Gasteiger charge is 2.40. The number of benzene rings is 1. The molecule has 1 spiro atoms. The van der Waals surface area contributed by atoms with E-state index in [9.17, 15) is 9.59 Å². The molecule has 4 rings (SSSR count). The van der Waals surface area contributed by atoms with E-state index >= 15 is 0 Å². The summed E-state index contributed by atoms with van der Waals surface area (Å²) in [5, 5.41) is 11.8. The number of rotatable bonds is 5. The van der Waals surface area contributed by atoms with Crippen molar-refractivity contribution < 1.29 is 19.1 Å². The van der Waals surface area contributed by atoms with Crippen molar-refractivity contribution in [1.29, 1.82) is 0 Å². The third-order valence-electron chi connectivity index (χ3n) is 4.94. The number of nitrogens with one attached hydrogen (secondary N) is 1. The van der Waals surface area contributed by atoms with Gasteiger partial charge in [0.05, 0.1) is 13.2 Å². The highest BCUT2D eigenvalue weighted by molar-refractivity contribution is 7.13. The predicted octanol–water partition coefficient (Wildman–Crippen LogP) is 2.09. The van der Waals surface area contributed by atoms with Crippen LogP contribution in [0.2, 0.25) is 0 Å². The molecule has 0 atom stereocenters. The second-order valence-corrected chi connectivity index (χ2v) is 7.87. The van der Waals surface area contributed by atoms with Crippen LogP contribution in [0.1, 0.15) is 34.1 Å². The van der Waals surface area contributed by atoms with Gasteiger partial charge in [-0.05, 0) is 12.1 Å². The Kier molecular flexibility index (Phi) is 5.65. The summed E-state index contributed by atoms with van der Waals surface area (Å²) in [6, 6.07) is 9.19. The number of ether oxygens (including phenoxy) is 2. The van der Waals surface area contributed by atoms with Gasteiger partial charge in [0.25, 0.3) is 5.91 Å². The van der Waals surface area contributed by atoms with Crippen molar-refractivity contribution in [1.82, 2.24) is 15.1 Å². The fourth-order valence-corrected chi connectivity index (χ4v) is 4.14. The van der Waals surface area contributed by atoms with Crippen LogP contribution in [0.25, 0.3) is 0 Å². The Bertz CT molecular complexity index is 825. The zero-order valence-electron chi connectivity index (χ0n) is 15.4. The van der Waals surface area contributed by atoms with Gasteiger partial charge in [0.2, 0.25) is 10.9 Å². The monoisotopic (exact) mass is 402 g/mol. The molecule has 1 aromatic heterocycles. The minimum atomic E-state index is -0.475. The lowest BCUT2D eigenvalue weighted by Gasteiger charge is -2.37. The highest BCUT2D eigenvalue weighted by atomic mass is 32.1. The van der Waals surface area contributed by atoms with Crippen LogP contribution >= 0.6 is 11.3 Å². The Morgan fingerprint density at radius 3 is 2.54 bits per heavy atom. The van der Waals surface area contributed by atoms with Crippen molar-refractivity contribution in [3.8, 4) is 0 Å². The van der Waals surface area contributed by atoms with Crippen LogP contribution in [-0.4, -0.2) is 59.0 Å². The molecule has 0 aliphatic carbocycles. The molecule has 148 valence electrons. The van der Waals surface area contributed by atoms with E-state index in [0.29, 0.717) is 67.7 Å². The summed E-state index contributed by atoms with van der Waals surface area (Å²) in [7, 11) is 0. The lowest BCUT2D eigenvalue weighted by Crippen LogP contribution is -2.47. The van der Waals surface area contributed by atoms with Gasteiger partial charge in [-0.3, -0.25) is 9.59 Å². The third kappa shape index (κ3) is 4.37. The molecule has 1 N–H and O–H groups in total. The molecule has 0 radical (unpaired) electrons. The van der Waals surface area contributed by atoms with E-state index < -0.39 is 5.79 Å². The van der Waals surface area contributed by atoms with Gasteiger partial charge in [0.1, 0.15) is 5.01 Å². The molecule has 28 heavy (non-hydrogen) atoms. The van der Waals surface area contributed by atoms with Crippen LogP contribution in [0.4, 0.5) is 5.69 Å². The van der Waals surface area contributed by atoms with Crippen molar-refractivity contribution >= 4 is 28.8 Å². The maximum Gasteiger partial charge on any atom is 0.286 e. The molecule has 2 saturated heterocycles. The van der Waals surface area contributed by atoms with Gasteiger partial charge in [0, 0.05) is 44.5 Å². The average molecular weight is 402 g/mol. The van der Waals surface area contributed by atoms with Gasteiger partial charge in [-0.2, -0.15) is 0 Å². The summed E-state index contributed by atoms with van der Waals surface area (Å²) in [5.74, 6) is -0.686. The smallest absolute Gasteiger partial charge is 0.286 e. The zero-order valence-corrected chi connectivity index (χ0v) is 16.2. The molecule has 2 aromatic rings. The number of aromatic nitrogens is 2. The van der Waals surface area contributed by atoms with Crippen molar-refractivity contribution in [2.75, 3.05) is 31.6 Å². The second-order valence-electron chi connectivity index (χ2n) is 6.81. The fraction of sp³-hybridized carbons (Fsp3) is 0.474. The van der Waals surface area contributed by atoms with E-state index in [1.54, 1.807) is 0 Å². The van der Waals surface area contributed by atoms with Crippen LogP contribution < -0.4 is 5.32 Å². The molecule has 0 saturated carbocycles. The van der Waals surface area contributed by atoms with Crippen LogP contribution in [0.5, 0.6) is 0 Å². The first-order chi connectivity index (χ1) is 13.6. The zero-order chi connectivity index (χ0) is 19.4. The molecule has 3 heterocycles. The van der Waals surface area contributed by atoms with Crippen molar-refractivity contribution in [2.24, 2.45) is 0 Å². The first kappa shape index (κ1) is 19.0. The SMILES string of the molecule is O=C(Nc1ccccc1)c1nnc(CCC(=O)N2CCC3(CC2)OCCO3)s1. The summed E-state index contributed by atoms with van der Waals surface area (Å²) in [5.41, 5.74) is 0.706. The Morgan fingerprint density at radius 2 is 1.82 bits per heavy atom. The number of carbonyl (C=O) groups excluding carboxylic acids is 2. The molecule has 2 aliphatic heterocycles. The average Bonchev–Trinajstić information content (AvgIpc) is 3.38. The standard InChI is InChI=1S/C19H22N4O4S/c24-16(23-10-8-19(9-11-23)26-12-13-27-19)7-6-15-21-22-18(28-15)17(25)20-14-4-2-1-3-5-14/h1-5H,6-13H2,(H,20,25). The molecule has 2 fully saturated rings. The first-order valence-electron chi connectivity index (χ1n) is 9.38. The van der Waals surface area contributed by atoms with E-state index in [2.05, 4.69) is 15.5 Å². The number of para-hydroxylation sites is 1. The Morgan fingerprint density at radius 1 is 1.11 bits per heavy atom. The molecule has 0 bridgehead atoms. The quantitative estimate of drug-likeness (QED) is 0.823. The lowest BCUT2D eigenvalue weighted by molar-refractivity contribution is -0.187. The summed E-state index contributed by atoms with van der Waals surface area (Å²) < 4.78 is 11.4. The molecular weight excluding hydrogens is 380 g/mol. The molecule has 2 amide bonds. The number of piperidine rings is 1. The summed E-state index contributed by atoms with van der Waals surface area (Å²) in [6.45, 7) is 2.54. The van der Waals surface area contributed by atoms with Gasteiger partial charge in [-0.15, -0.1) is 10.2 Å². The van der Waals surface area contributed by atoms with Gasteiger partial charge in [-0.1, -0.05) is 29.5 Å². The molecular formula is C19H22N4O4S.